The van der Waals surface area contributed by atoms with Gasteiger partial charge in [-0.05, 0) is 110 Å². The highest BCUT2D eigenvalue weighted by molar-refractivity contribution is 6.32. The van der Waals surface area contributed by atoms with E-state index in [9.17, 15) is 75.0 Å². The van der Waals surface area contributed by atoms with Gasteiger partial charge in [0.25, 0.3) is 0 Å². The van der Waals surface area contributed by atoms with E-state index in [1.165, 1.54) is 33.0 Å². The first-order valence-corrected chi connectivity index (χ1v) is 32.4. The standard InChI is InChI=1S/C66H75Cl2N9O24.ClH/c1-23(2)12-34(71-5)58(88)76-49-51(83)26-7-10-38(32(67)14-26)97-40-16-28-17-41(55(40)101-65-56(54(86)53(85)42(22-78)99-65)100-44-21-66(4,70)57(87)24(3)96-44)98-39-11-8-27(15-33(39)68)52(84)50-63(93)75-48(64(94)95)31-18-29(79)19-37(81)45(31)30-13-25(6-9-36(30)80)46(60(90)77-50)74-61(91)47(28)73-59(89)35(20-43(69)82)72-62(49)92;/h6-11,13-19,23-24,34-35,42,44,46-54,56-57,65,71,78-81,83-87H,12,20-22,70H2,1-5H3,(H2,69,82)(H,72,92)(H,73,89)(H,74,91)(H,75,93)(H,76,88)(H,77,90)(H,94,95);1H/t24-,34+,35-,42+,44?,46+,47+,48?,49+,50-,51+,52+,53+,54-,56+,57+,65-,66-;/m0./s1. The number of hydrogen-bond acceptors (Lipinski definition) is 25. The van der Waals surface area contributed by atoms with Crippen LogP contribution >= 0.6 is 35.6 Å². The molecule has 21 N–H and O–H groups in total. The van der Waals surface area contributed by atoms with Crippen LogP contribution in [-0.2, 0) is 52.6 Å². The van der Waals surface area contributed by atoms with Crippen molar-refractivity contribution < 1.29 is 118 Å². The van der Waals surface area contributed by atoms with E-state index in [0.717, 1.165) is 66.7 Å². The number of carboxylic acids is 1. The van der Waals surface area contributed by atoms with E-state index in [0.29, 0.717) is 0 Å². The van der Waals surface area contributed by atoms with E-state index >= 15 is 14.4 Å². The number of aromatic hydroxyl groups is 3. The van der Waals surface area contributed by atoms with Crippen molar-refractivity contribution in [1.82, 2.24) is 37.2 Å². The van der Waals surface area contributed by atoms with Crippen molar-refractivity contribution in [2.75, 3.05) is 13.7 Å². The van der Waals surface area contributed by atoms with Crippen molar-refractivity contribution in [1.29, 1.82) is 0 Å². The number of likely N-dealkylation sites (N-methyl/N-ethyl adjacent to an activating group) is 1. The number of carbonyl (C=O) groups is 8. The first-order valence-electron chi connectivity index (χ1n) is 31.6. The summed E-state index contributed by atoms with van der Waals surface area (Å²) in [5, 5.41) is 131. The van der Waals surface area contributed by atoms with Crippen LogP contribution in [0.2, 0.25) is 10.0 Å². The van der Waals surface area contributed by atoms with Gasteiger partial charge >= 0.3 is 5.97 Å². The van der Waals surface area contributed by atoms with Crippen molar-refractivity contribution >= 4 is 82.9 Å². The zero-order valence-corrected chi connectivity index (χ0v) is 57.1. The highest BCUT2D eigenvalue weighted by atomic mass is 35.5. The van der Waals surface area contributed by atoms with Gasteiger partial charge in [0.15, 0.2) is 29.9 Å². The first kappa shape index (κ1) is 77.3. The van der Waals surface area contributed by atoms with Crippen LogP contribution in [0.3, 0.4) is 0 Å². The summed E-state index contributed by atoms with van der Waals surface area (Å²) in [5.41, 5.74) is 8.00. The molecule has 2 saturated heterocycles. The number of aliphatic carboxylic acids is 1. The highest BCUT2D eigenvalue weighted by Crippen LogP contribution is 2.50. The number of aliphatic hydroxyl groups excluding tert-OH is 6. The summed E-state index contributed by atoms with van der Waals surface area (Å²) in [5.74, 6) is -16.0. The number of benzene rings is 5. The smallest absolute Gasteiger partial charge is 0.330 e. The van der Waals surface area contributed by atoms with Gasteiger partial charge in [-0.2, -0.15) is 0 Å². The van der Waals surface area contributed by atoms with E-state index in [1.54, 1.807) is 0 Å². The lowest BCUT2D eigenvalue weighted by Crippen LogP contribution is -2.64. The van der Waals surface area contributed by atoms with Crippen molar-refractivity contribution in [2.24, 2.45) is 17.4 Å². The van der Waals surface area contributed by atoms with E-state index in [1.807, 2.05) is 13.8 Å². The van der Waals surface area contributed by atoms with Gasteiger partial charge < -0.3 is 128 Å². The van der Waals surface area contributed by atoms with Crippen LogP contribution in [0.25, 0.3) is 11.1 Å². The second-order valence-electron chi connectivity index (χ2n) is 25.7. The maximum absolute atomic E-state index is 16.0. The number of nitrogens with one attached hydrogen (secondary N) is 7. The molecule has 2 fully saturated rings. The fourth-order valence-corrected chi connectivity index (χ4v) is 12.9. The maximum Gasteiger partial charge on any atom is 0.330 e. The molecular weight excluding hydrogens is 1410 g/mol. The van der Waals surface area contributed by atoms with Crippen LogP contribution in [0, 0.1) is 5.92 Å². The molecule has 102 heavy (non-hydrogen) atoms. The lowest BCUT2D eigenvalue weighted by Gasteiger charge is -2.47. The van der Waals surface area contributed by atoms with Crippen LogP contribution < -0.4 is 62.9 Å². The molecule has 11 bridgehead atoms. The van der Waals surface area contributed by atoms with E-state index < -0.39 is 237 Å². The third-order valence-electron chi connectivity index (χ3n) is 17.8. The summed E-state index contributed by atoms with van der Waals surface area (Å²) >= 11 is 14.1. The molecule has 5 aromatic rings. The minimum atomic E-state index is -2.35. The number of fused-ring (bicyclic) bond motifs is 15. The molecular formula is C66H76Cl3N9O24. The number of carboxylic acid groups (broad SMARTS) is 1. The Balaban J connectivity index is 0.0000121. The number of nitrogens with two attached hydrogens (primary N) is 2. The van der Waals surface area contributed by atoms with Crippen molar-refractivity contribution in [3.63, 3.8) is 0 Å². The summed E-state index contributed by atoms with van der Waals surface area (Å²) in [4.78, 5) is 117. The molecule has 0 aliphatic carbocycles. The Labute approximate surface area is 596 Å². The largest absolute Gasteiger partial charge is 0.508 e. The molecule has 18 atom stereocenters. The Bertz CT molecular complexity index is 4080. The van der Waals surface area contributed by atoms with Crippen LogP contribution in [0.1, 0.15) is 105 Å². The van der Waals surface area contributed by atoms with Gasteiger partial charge in [-0.25, -0.2) is 4.79 Å². The number of aliphatic hydroxyl groups is 6. The van der Waals surface area contributed by atoms with Crippen LogP contribution in [0.15, 0.2) is 78.9 Å². The Morgan fingerprint density at radius 1 is 0.716 bits per heavy atom. The second kappa shape index (κ2) is 31.4. The Kier molecular flexibility index (Phi) is 23.8. The second-order valence-corrected chi connectivity index (χ2v) is 26.5. The third-order valence-corrected chi connectivity index (χ3v) is 18.4. The average molecular weight is 1490 g/mol. The molecule has 7 heterocycles. The molecule has 0 spiro atoms. The maximum atomic E-state index is 16.0. The van der Waals surface area contributed by atoms with E-state index in [2.05, 4.69) is 37.2 Å². The quantitative estimate of drug-likeness (QED) is 0.0764. The van der Waals surface area contributed by atoms with Gasteiger partial charge in [-0.3, -0.25) is 33.6 Å². The number of rotatable bonds is 13. The molecule has 550 valence electrons. The summed E-state index contributed by atoms with van der Waals surface area (Å²) in [6.45, 7) is 5.66. The molecule has 0 saturated carbocycles. The first-order chi connectivity index (χ1) is 47.7. The number of amides is 7. The lowest BCUT2D eigenvalue weighted by molar-refractivity contribution is -0.333. The Hall–Kier alpha value is -8.91. The number of halogens is 3. The summed E-state index contributed by atoms with van der Waals surface area (Å²) < 4.78 is 38.3. The molecule has 0 radical (unpaired) electrons. The average Bonchev–Trinajstić information content (AvgIpc) is 0.773. The number of hydrogen-bond donors (Lipinski definition) is 19. The Morgan fingerprint density at radius 3 is 1.89 bits per heavy atom. The summed E-state index contributed by atoms with van der Waals surface area (Å²) in [6, 6.07) is -0.679. The molecule has 7 aliphatic rings. The monoisotopic (exact) mass is 1480 g/mol. The van der Waals surface area contributed by atoms with Crippen molar-refractivity contribution in [3.8, 4) is 57.1 Å². The molecule has 2 unspecified atom stereocenters. The number of primary amides is 1. The zero-order chi connectivity index (χ0) is 73.5. The third kappa shape index (κ3) is 16.3. The van der Waals surface area contributed by atoms with Gasteiger partial charge in [-0.1, -0.05) is 55.2 Å². The van der Waals surface area contributed by atoms with Crippen LogP contribution in [0.4, 0.5) is 0 Å². The van der Waals surface area contributed by atoms with Gasteiger partial charge in [0.1, 0.15) is 89.5 Å². The molecule has 0 aromatic heterocycles. The van der Waals surface area contributed by atoms with E-state index in [-0.39, 0.29) is 58.6 Å². The fourth-order valence-electron chi connectivity index (χ4n) is 12.5. The molecule has 7 aliphatic heterocycles. The summed E-state index contributed by atoms with van der Waals surface area (Å²) in [7, 11) is 1.47. The normalized spacial score (nSPS) is 29.1. The minimum absolute atomic E-state index is 0. The molecule has 7 amide bonds. The van der Waals surface area contributed by atoms with E-state index in [4.69, 9.17) is 63.1 Å². The van der Waals surface area contributed by atoms with Gasteiger partial charge in [-0.15, -0.1) is 12.4 Å². The van der Waals surface area contributed by atoms with Crippen LogP contribution in [0.5, 0.6) is 46.0 Å². The van der Waals surface area contributed by atoms with Crippen molar-refractivity contribution in [3.05, 3.63) is 117 Å². The number of carbonyl (C=O) groups excluding carboxylic acids is 7. The van der Waals surface area contributed by atoms with Gasteiger partial charge in [0.05, 0.1) is 41.3 Å². The predicted octanol–water partition coefficient (Wildman–Crippen LogP) is 0.528. The fraction of sp³-hybridized carbons (Fsp3) is 0.424. The molecule has 33 nitrogen and oxygen atoms in total. The molecule has 5 aromatic carbocycles. The number of phenols is 3. The SMILES string of the molecule is CN[C@H](CC(C)C)C(=O)N[C@H]1C(=O)N[C@@H](CC(N)=O)C(=O)N[C@H]2C(=O)N[C@H]3C(=O)N[C@H](C(=O)NC(C(=O)O)c4cc(O)cc(O)c4-c4cc3ccc4O)[C@H](O)c3ccc(c(Cl)c3)Oc3cc2cc(c3O[C@@H]2O[C@H](CO)[C@@H](O)[C@H](O)[C@H]2OC2C[C@](C)(N)[C@H](O)[C@H](C)O2)Oc2ccc(cc2Cl)[C@H]1O.Cl. The number of ether oxygens (including phenoxy) is 6. The van der Waals surface area contributed by atoms with Gasteiger partial charge in [0.2, 0.25) is 53.4 Å². The van der Waals surface area contributed by atoms with Crippen LogP contribution in [-0.4, -0.2) is 191 Å². The topological polar surface area (TPSA) is 530 Å². The van der Waals surface area contributed by atoms with Crippen molar-refractivity contribution in [2.45, 2.75) is 156 Å². The Morgan fingerprint density at radius 2 is 1.31 bits per heavy atom. The summed E-state index contributed by atoms with van der Waals surface area (Å²) in [6.07, 6.45) is -18.6. The minimum Gasteiger partial charge on any atom is -0.508 e. The van der Waals surface area contributed by atoms with Gasteiger partial charge in [0, 0.05) is 34.7 Å². The zero-order valence-electron chi connectivity index (χ0n) is 54.7. The highest BCUT2D eigenvalue weighted by Gasteiger charge is 2.51. The lowest BCUT2D eigenvalue weighted by atomic mass is 9.86. The predicted molar refractivity (Wildman–Crippen MR) is 357 cm³/mol. The molecule has 36 heteroatoms. The number of phenolic OH excluding ortho intramolecular Hbond substituents is 3. The molecule has 12 rings (SSSR count).